The van der Waals surface area contributed by atoms with Crippen LogP contribution in [0.3, 0.4) is 0 Å². The highest BCUT2D eigenvalue weighted by atomic mass is 32.2. The van der Waals surface area contributed by atoms with E-state index in [4.69, 9.17) is 5.73 Å². The molecule has 2 rings (SSSR count). The Balaban J connectivity index is 2.26. The van der Waals surface area contributed by atoms with Crippen molar-refractivity contribution in [1.82, 2.24) is 9.21 Å². The normalized spacial score (nSPS) is 21.6. The zero-order valence-electron chi connectivity index (χ0n) is 10.7. The summed E-state index contributed by atoms with van der Waals surface area (Å²) in [6.07, 6.45) is 0.860. The van der Waals surface area contributed by atoms with Crippen molar-refractivity contribution < 1.29 is 8.42 Å². The number of benzene rings is 1. The average Bonchev–Trinajstić information content (AvgIpc) is 2.79. The van der Waals surface area contributed by atoms with Gasteiger partial charge in [0, 0.05) is 19.1 Å². The van der Waals surface area contributed by atoms with Gasteiger partial charge in [0.1, 0.15) is 4.90 Å². The largest absolute Gasteiger partial charge is 0.398 e. The van der Waals surface area contributed by atoms with Crippen molar-refractivity contribution in [1.29, 1.82) is 0 Å². The molecule has 1 aromatic carbocycles. The zero-order valence-corrected chi connectivity index (χ0v) is 11.5. The third-order valence-electron chi connectivity index (χ3n) is 3.39. The van der Waals surface area contributed by atoms with Crippen LogP contribution >= 0.6 is 0 Å². The van der Waals surface area contributed by atoms with Crippen LogP contribution in [0, 0.1) is 0 Å². The van der Waals surface area contributed by atoms with Crippen LogP contribution in [0.4, 0.5) is 5.69 Å². The van der Waals surface area contributed by atoms with Crippen LogP contribution in [0.2, 0.25) is 0 Å². The van der Waals surface area contributed by atoms with Crippen molar-refractivity contribution >= 4 is 15.7 Å². The molecular weight excluding hydrogens is 250 g/mol. The first-order chi connectivity index (χ1) is 8.43. The number of rotatable bonds is 3. The van der Waals surface area contributed by atoms with E-state index < -0.39 is 10.0 Å². The van der Waals surface area contributed by atoms with Crippen molar-refractivity contribution in [3.05, 3.63) is 24.3 Å². The van der Waals surface area contributed by atoms with Crippen molar-refractivity contribution in [2.24, 2.45) is 0 Å². The molecule has 0 spiro atoms. The fourth-order valence-corrected chi connectivity index (χ4v) is 3.81. The number of nitrogens with zero attached hydrogens (tertiary/aromatic N) is 2. The molecule has 6 heteroatoms. The van der Waals surface area contributed by atoms with Crippen LogP contribution in [0.25, 0.3) is 0 Å². The maximum absolute atomic E-state index is 12.5. The molecule has 1 aliphatic rings. The first-order valence-electron chi connectivity index (χ1n) is 5.94. The molecule has 0 unspecified atom stereocenters. The smallest absolute Gasteiger partial charge is 0.245 e. The lowest BCUT2D eigenvalue weighted by atomic mass is 10.2. The number of anilines is 1. The minimum absolute atomic E-state index is 0.212. The third-order valence-corrected chi connectivity index (χ3v) is 5.33. The Hall–Kier alpha value is -1.11. The van der Waals surface area contributed by atoms with E-state index in [1.165, 1.54) is 4.31 Å². The van der Waals surface area contributed by atoms with Crippen LogP contribution in [0.5, 0.6) is 0 Å². The summed E-state index contributed by atoms with van der Waals surface area (Å²) in [7, 11) is 0.486. The van der Waals surface area contributed by atoms with E-state index in [9.17, 15) is 8.42 Å². The van der Waals surface area contributed by atoms with Gasteiger partial charge < -0.3 is 10.6 Å². The zero-order chi connectivity index (χ0) is 13.3. The average molecular weight is 269 g/mol. The minimum atomic E-state index is -3.45. The predicted octanol–water partition coefficient (Wildman–Crippen LogP) is 0.593. The minimum Gasteiger partial charge on any atom is -0.398 e. The molecule has 0 saturated carbocycles. The molecule has 0 amide bonds. The van der Waals surface area contributed by atoms with Gasteiger partial charge in [-0.3, -0.25) is 0 Å². The Morgan fingerprint density at radius 1 is 1.33 bits per heavy atom. The summed E-state index contributed by atoms with van der Waals surface area (Å²) in [6, 6.07) is 6.90. The van der Waals surface area contributed by atoms with E-state index in [1.54, 1.807) is 24.3 Å². The van der Waals surface area contributed by atoms with Crippen LogP contribution in [-0.4, -0.2) is 50.8 Å². The highest BCUT2D eigenvalue weighted by Crippen LogP contribution is 2.26. The number of nitrogens with two attached hydrogens (primary N) is 1. The van der Waals surface area contributed by atoms with Crippen molar-refractivity contribution in [2.45, 2.75) is 17.4 Å². The Labute approximate surface area is 108 Å². The molecule has 18 heavy (non-hydrogen) atoms. The number of para-hydroxylation sites is 1. The van der Waals surface area contributed by atoms with Crippen LogP contribution in [0.1, 0.15) is 6.42 Å². The number of sulfonamides is 1. The van der Waals surface area contributed by atoms with Crippen molar-refractivity contribution in [3.63, 3.8) is 0 Å². The van der Waals surface area contributed by atoms with Gasteiger partial charge in [0.15, 0.2) is 0 Å². The Kier molecular flexibility index (Phi) is 3.61. The molecule has 2 N–H and O–H groups in total. The molecule has 1 fully saturated rings. The Morgan fingerprint density at radius 3 is 2.56 bits per heavy atom. The van der Waals surface area contributed by atoms with Gasteiger partial charge in [0.25, 0.3) is 0 Å². The van der Waals surface area contributed by atoms with E-state index in [-0.39, 0.29) is 10.9 Å². The van der Waals surface area contributed by atoms with Crippen LogP contribution in [-0.2, 0) is 10.0 Å². The van der Waals surface area contributed by atoms with E-state index in [2.05, 4.69) is 4.90 Å². The molecule has 1 atom stereocenters. The van der Waals surface area contributed by atoms with E-state index >= 15 is 0 Å². The van der Waals surface area contributed by atoms with Gasteiger partial charge in [-0.15, -0.1) is 0 Å². The quantitative estimate of drug-likeness (QED) is 0.816. The van der Waals surface area contributed by atoms with Gasteiger partial charge in [0.05, 0.1) is 5.69 Å². The van der Waals surface area contributed by atoms with Gasteiger partial charge in [0.2, 0.25) is 10.0 Å². The molecule has 0 aromatic heterocycles. The van der Waals surface area contributed by atoms with E-state index in [0.29, 0.717) is 18.8 Å². The van der Waals surface area contributed by atoms with Crippen molar-refractivity contribution in [2.75, 3.05) is 32.9 Å². The van der Waals surface area contributed by atoms with Crippen molar-refractivity contribution in [3.8, 4) is 0 Å². The molecule has 5 nitrogen and oxygen atoms in total. The second-order valence-electron chi connectivity index (χ2n) is 4.81. The Morgan fingerprint density at radius 2 is 2.00 bits per heavy atom. The number of nitrogen functional groups attached to an aromatic ring is 1. The topological polar surface area (TPSA) is 66.6 Å². The maximum Gasteiger partial charge on any atom is 0.245 e. The van der Waals surface area contributed by atoms with E-state index in [1.807, 2.05) is 14.1 Å². The molecular formula is C12H19N3O2S. The number of likely N-dealkylation sites (N-methyl/N-ethyl adjacent to an activating group) is 1. The summed E-state index contributed by atoms with van der Waals surface area (Å²) in [5, 5.41) is 0. The maximum atomic E-state index is 12.5. The van der Waals surface area contributed by atoms with E-state index in [0.717, 1.165) is 6.42 Å². The molecule has 0 aliphatic carbocycles. The molecule has 1 heterocycles. The summed E-state index contributed by atoms with van der Waals surface area (Å²) in [5.41, 5.74) is 6.06. The molecule has 0 bridgehead atoms. The number of hydrogen-bond acceptors (Lipinski definition) is 4. The molecule has 1 saturated heterocycles. The summed E-state index contributed by atoms with van der Waals surface area (Å²) >= 11 is 0. The van der Waals surface area contributed by atoms with Gasteiger partial charge in [-0.25, -0.2) is 8.42 Å². The second-order valence-corrected chi connectivity index (χ2v) is 6.71. The Bertz CT molecular complexity index is 528. The fourth-order valence-electron chi connectivity index (χ4n) is 2.20. The molecule has 0 radical (unpaired) electrons. The molecule has 1 aliphatic heterocycles. The summed E-state index contributed by atoms with van der Waals surface area (Å²) in [6.45, 7) is 1.09. The first kappa shape index (κ1) is 13.3. The van der Waals surface area contributed by atoms with Gasteiger partial charge in [-0.1, -0.05) is 12.1 Å². The second kappa shape index (κ2) is 4.87. The van der Waals surface area contributed by atoms with Gasteiger partial charge >= 0.3 is 0 Å². The lowest BCUT2D eigenvalue weighted by Crippen LogP contribution is -2.34. The SMILES string of the molecule is CN(C)[C@H]1CCN(S(=O)(=O)c2ccccc2N)C1. The van der Waals surface area contributed by atoms with Gasteiger partial charge in [-0.2, -0.15) is 4.31 Å². The first-order valence-corrected chi connectivity index (χ1v) is 7.38. The van der Waals surface area contributed by atoms with Crippen LogP contribution < -0.4 is 5.73 Å². The summed E-state index contributed by atoms with van der Waals surface area (Å²) in [5.74, 6) is 0. The summed E-state index contributed by atoms with van der Waals surface area (Å²) in [4.78, 5) is 2.27. The third kappa shape index (κ3) is 2.36. The highest BCUT2D eigenvalue weighted by molar-refractivity contribution is 7.89. The summed E-state index contributed by atoms with van der Waals surface area (Å²) < 4.78 is 26.4. The monoisotopic (exact) mass is 269 g/mol. The highest BCUT2D eigenvalue weighted by Gasteiger charge is 2.34. The lowest BCUT2D eigenvalue weighted by Gasteiger charge is -2.20. The van der Waals surface area contributed by atoms with Gasteiger partial charge in [-0.05, 0) is 32.6 Å². The van der Waals surface area contributed by atoms with Crippen LogP contribution in [0.15, 0.2) is 29.2 Å². The standard InChI is InChI=1S/C12H19N3O2S/c1-14(2)10-7-8-15(9-10)18(16,17)12-6-4-3-5-11(12)13/h3-6,10H,7-9,13H2,1-2H3/t10-/m0/s1. The molecule has 1 aromatic rings. The molecule has 100 valence electrons. The fraction of sp³-hybridized carbons (Fsp3) is 0.500. The number of hydrogen-bond donors (Lipinski definition) is 1. The lowest BCUT2D eigenvalue weighted by molar-refractivity contribution is 0.302. The predicted molar refractivity (Wildman–Crippen MR) is 71.7 cm³/mol.